The van der Waals surface area contributed by atoms with E-state index in [4.69, 9.17) is 14.7 Å². The van der Waals surface area contributed by atoms with Crippen molar-refractivity contribution in [3.05, 3.63) is 41.5 Å². The average Bonchev–Trinajstić information content (AvgIpc) is 3.30. The number of fused-ring (bicyclic) bond motifs is 1. The third-order valence-electron chi connectivity index (χ3n) is 5.13. The Balaban J connectivity index is 1.73. The van der Waals surface area contributed by atoms with Crippen LogP contribution < -0.4 is 5.32 Å². The molecule has 1 aromatic carbocycles. The lowest BCUT2D eigenvalue weighted by Crippen LogP contribution is -2.31. The van der Waals surface area contributed by atoms with Gasteiger partial charge in [-0.2, -0.15) is 0 Å². The Labute approximate surface area is 164 Å². The molecule has 5 nitrogen and oxygen atoms in total. The third-order valence-corrected chi connectivity index (χ3v) is 6.00. The van der Waals surface area contributed by atoms with Crippen LogP contribution in [0.25, 0.3) is 21.3 Å². The van der Waals surface area contributed by atoms with Crippen LogP contribution in [0.2, 0.25) is 0 Å². The van der Waals surface area contributed by atoms with Gasteiger partial charge in [-0.3, -0.25) is 4.90 Å². The highest BCUT2D eigenvalue weighted by atomic mass is 32.1. The van der Waals surface area contributed by atoms with E-state index < -0.39 is 0 Å². The number of rotatable bonds is 6. The van der Waals surface area contributed by atoms with Crippen LogP contribution in [0.1, 0.15) is 26.1 Å². The van der Waals surface area contributed by atoms with Crippen molar-refractivity contribution < 1.29 is 4.74 Å². The molecule has 4 rings (SSSR count). The molecule has 142 valence electrons. The Bertz CT molecular complexity index is 909. The summed E-state index contributed by atoms with van der Waals surface area (Å²) in [6, 6.07) is 11.5. The summed E-state index contributed by atoms with van der Waals surface area (Å²) in [5.74, 6) is 1.66. The average molecular weight is 383 g/mol. The fourth-order valence-electron chi connectivity index (χ4n) is 3.68. The largest absolute Gasteiger partial charge is 0.377 e. The van der Waals surface area contributed by atoms with Crippen LogP contribution in [0, 0.1) is 0 Å². The molecule has 1 aliphatic heterocycles. The van der Waals surface area contributed by atoms with Gasteiger partial charge in [0.05, 0.1) is 5.39 Å². The van der Waals surface area contributed by atoms with Crippen LogP contribution in [-0.2, 0) is 11.3 Å². The maximum Gasteiger partial charge on any atom is 0.158 e. The topological polar surface area (TPSA) is 50.3 Å². The summed E-state index contributed by atoms with van der Waals surface area (Å²) in [6.07, 6.45) is 1.13. The molecule has 0 aliphatic carbocycles. The van der Waals surface area contributed by atoms with Gasteiger partial charge in [0, 0.05) is 43.2 Å². The van der Waals surface area contributed by atoms with Crippen LogP contribution >= 0.6 is 11.3 Å². The van der Waals surface area contributed by atoms with Gasteiger partial charge in [0.25, 0.3) is 0 Å². The quantitative estimate of drug-likeness (QED) is 0.685. The lowest BCUT2D eigenvalue weighted by atomic mass is 10.1. The van der Waals surface area contributed by atoms with Crippen molar-refractivity contribution >= 4 is 27.4 Å². The SMILES string of the molecule is COCc1nc(NC2CCN(C(C)C)C2)c2c(-c3ccccc3)csc2n1. The van der Waals surface area contributed by atoms with E-state index in [0.717, 1.165) is 41.4 Å². The van der Waals surface area contributed by atoms with E-state index in [1.165, 1.54) is 11.1 Å². The van der Waals surface area contributed by atoms with E-state index in [2.05, 4.69) is 53.7 Å². The van der Waals surface area contributed by atoms with Gasteiger partial charge in [-0.25, -0.2) is 9.97 Å². The number of aromatic nitrogens is 2. The van der Waals surface area contributed by atoms with Gasteiger partial charge in [0.1, 0.15) is 17.3 Å². The number of benzene rings is 1. The normalized spacial score (nSPS) is 17.9. The summed E-state index contributed by atoms with van der Waals surface area (Å²) in [5.41, 5.74) is 2.39. The molecule has 1 fully saturated rings. The molecule has 1 saturated heterocycles. The van der Waals surface area contributed by atoms with Gasteiger partial charge in [-0.15, -0.1) is 11.3 Å². The molecule has 1 atom stereocenters. The van der Waals surface area contributed by atoms with Gasteiger partial charge >= 0.3 is 0 Å². The van der Waals surface area contributed by atoms with E-state index in [1.54, 1.807) is 18.4 Å². The lowest BCUT2D eigenvalue weighted by molar-refractivity contribution is 0.178. The summed E-state index contributed by atoms with van der Waals surface area (Å²) in [7, 11) is 1.68. The van der Waals surface area contributed by atoms with E-state index in [0.29, 0.717) is 18.7 Å². The third kappa shape index (κ3) is 3.83. The van der Waals surface area contributed by atoms with Crippen LogP contribution in [0.15, 0.2) is 35.7 Å². The van der Waals surface area contributed by atoms with Gasteiger partial charge in [0.15, 0.2) is 5.82 Å². The highest BCUT2D eigenvalue weighted by Crippen LogP contribution is 2.37. The van der Waals surface area contributed by atoms with Crippen LogP contribution in [-0.4, -0.2) is 47.2 Å². The molecule has 0 bridgehead atoms. The minimum Gasteiger partial charge on any atom is -0.377 e. The second-order valence-electron chi connectivity index (χ2n) is 7.34. The first-order valence-electron chi connectivity index (χ1n) is 9.48. The smallest absolute Gasteiger partial charge is 0.158 e. The molecule has 3 aromatic rings. The van der Waals surface area contributed by atoms with E-state index >= 15 is 0 Å². The van der Waals surface area contributed by atoms with Crippen molar-refractivity contribution in [2.24, 2.45) is 0 Å². The standard InChI is InChI=1S/C21H26N4OS/c1-14(2)25-10-9-16(11-25)22-20-19-17(15-7-5-4-6-8-15)13-27-21(19)24-18(23-20)12-26-3/h4-8,13-14,16H,9-12H2,1-3H3,(H,22,23,24). The van der Waals surface area contributed by atoms with Crippen molar-refractivity contribution in [1.29, 1.82) is 0 Å². The number of ether oxygens (including phenoxy) is 1. The second kappa shape index (κ2) is 7.92. The molecular formula is C21H26N4OS. The Kier molecular flexibility index (Phi) is 5.38. The van der Waals surface area contributed by atoms with E-state index in [-0.39, 0.29) is 0 Å². The molecule has 6 heteroatoms. The summed E-state index contributed by atoms with van der Waals surface area (Å²) in [4.78, 5) is 13.1. The van der Waals surface area contributed by atoms with Crippen molar-refractivity contribution in [2.75, 3.05) is 25.5 Å². The molecule has 1 N–H and O–H groups in total. The minimum atomic E-state index is 0.407. The first-order valence-corrected chi connectivity index (χ1v) is 10.4. The van der Waals surface area contributed by atoms with E-state index in [9.17, 15) is 0 Å². The van der Waals surface area contributed by atoms with Crippen LogP contribution in [0.5, 0.6) is 0 Å². The molecule has 0 amide bonds. The van der Waals surface area contributed by atoms with Gasteiger partial charge in [0.2, 0.25) is 0 Å². The number of hydrogen-bond donors (Lipinski definition) is 1. The zero-order chi connectivity index (χ0) is 18.8. The summed E-state index contributed by atoms with van der Waals surface area (Å²) in [6.45, 7) is 7.12. The number of anilines is 1. The van der Waals surface area contributed by atoms with Crippen molar-refractivity contribution in [1.82, 2.24) is 14.9 Å². The summed E-state index contributed by atoms with van der Waals surface area (Å²) in [5, 5.41) is 7.03. The van der Waals surface area contributed by atoms with Crippen LogP contribution in [0.4, 0.5) is 5.82 Å². The van der Waals surface area contributed by atoms with Gasteiger partial charge < -0.3 is 10.1 Å². The van der Waals surface area contributed by atoms with Crippen molar-refractivity contribution in [2.45, 2.75) is 39.0 Å². The highest BCUT2D eigenvalue weighted by Gasteiger charge is 2.26. The molecular weight excluding hydrogens is 356 g/mol. The number of methoxy groups -OCH3 is 1. The maximum absolute atomic E-state index is 5.29. The van der Waals surface area contributed by atoms with Crippen molar-refractivity contribution in [3.63, 3.8) is 0 Å². The Morgan fingerprint density at radius 1 is 1.26 bits per heavy atom. The van der Waals surface area contributed by atoms with Crippen molar-refractivity contribution in [3.8, 4) is 11.1 Å². The van der Waals surface area contributed by atoms with E-state index in [1.807, 2.05) is 6.07 Å². The summed E-state index contributed by atoms with van der Waals surface area (Å²) >= 11 is 1.67. The number of thiophene rings is 1. The fourth-order valence-corrected chi connectivity index (χ4v) is 4.65. The lowest BCUT2D eigenvalue weighted by Gasteiger charge is -2.21. The first kappa shape index (κ1) is 18.3. The monoisotopic (exact) mass is 382 g/mol. The predicted octanol–water partition coefficient (Wildman–Crippen LogP) is 4.40. The maximum atomic E-state index is 5.29. The molecule has 0 saturated carbocycles. The number of hydrogen-bond acceptors (Lipinski definition) is 6. The fraction of sp³-hybridized carbons (Fsp3) is 0.429. The molecule has 2 aromatic heterocycles. The van der Waals surface area contributed by atoms with Crippen LogP contribution in [0.3, 0.4) is 0 Å². The second-order valence-corrected chi connectivity index (χ2v) is 8.19. The minimum absolute atomic E-state index is 0.407. The number of likely N-dealkylation sites (tertiary alicyclic amines) is 1. The Hall–Kier alpha value is -2.02. The molecule has 1 aliphatic rings. The Morgan fingerprint density at radius 2 is 2.07 bits per heavy atom. The van der Waals surface area contributed by atoms with Gasteiger partial charge in [-0.1, -0.05) is 30.3 Å². The molecule has 1 unspecified atom stereocenters. The Morgan fingerprint density at radius 3 is 2.78 bits per heavy atom. The molecule has 3 heterocycles. The zero-order valence-electron chi connectivity index (χ0n) is 16.1. The number of nitrogens with one attached hydrogen (secondary N) is 1. The highest BCUT2D eigenvalue weighted by molar-refractivity contribution is 7.17. The summed E-state index contributed by atoms with van der Waals surface area (Å²) < 4.78 is 5.29. The first-order chi connectivity index (χ1) is 13.2. The molecule has 0 spiro atoms. The molecule has 27 heavy (non-hydrogen) atoms. The predicted molar refractivity (Wildman–Crippen MR) is 112 cm³/mol. The zero-order valence-corrected chi connectivity index (χ0v) is 16.9. The van der Waals surface area contributed by atoms with Gasteiger partial charge in [-0.05, 0) is 25.8 Å². The molecule has 0 radical (unpaired) electrons. The number of nitrogens with zero attached hydrogens (tertiary/aromatic N) is 3.